The lowest BCUT2D eigenvalue weighted by atomic mass is 9.97. The Labute approximate surface area is 212 Å². The Morgan fingerprint density at radius 3 is 1.86 bits per heavy atom. The molecule has 5 rings (SSSR count). The van der Waals surface area contributed by atoms with Crippen LogP contribution in [0.25, 0.3) is 39.1 Å². The van der Waals surface area contributed by atoms with Crippen LogP contribution in [0.2, 0.25) is 0 Å². The van der Waals surface area contributed by atoms with Crippen LogP contribution in [0.1, 0.15) is 0 Å². The van der Waals surface area contributed by atoms with Gasteiger partial charge in [-0.15, -0.1) is 0 Å². The van der Waals surface area contributed by atoms with Crippen LogP contribution in [0, 0.1) is 11.6 Å². The predicted molar refractivity (Wildman–Crippen MR) is 139 cm³/mol. The van der Waals surface area contributed by atoms with Crippen LogP contribution in [-0.4, -0.2) is 24.5 Å². The second-order valence-electron chi connectivity index (χ2n) is 8.51. The van der Waals surface area contributed by atoms with Gasteiger partial charge in [-0.05, 0) is 70.8 Å². The largest absolute Gasteiger partial charge is 0.279 e. The standard InChI is InChI=1S/C29H20F2N2O3S/c1-37(35,36)26-15-9-20(10-16-26)27-18-32-33(29(34)28(27)21-7-13-24(31)14-8-21)25-4-2-3-22(17-25)19-5-11-23(30)12-6-19/h2-18H,1H3. The van der Waals surface area contributed by atoms with Crippen LogP contribution in [-0.2, 0) is 9.84 Å². The number of sulfone groups is 1. The zero-order valence-electron chi connectivity index (χ0n) is 19.6. The molecule has 0 saturated heterocycles. The van der Waals surface area contributed by atoms with Crippen molar-refractivity contribution in [2.24, 2.45) is 0 Å². The van der Waals surface area contributed by atoms with Gasteiger partial charge in [-0.2, -0.15) is 9.78 Å². The van der Waals surface area contributed by atoms with E-state index >= 15 is 0 Å². The molecule has 0 spiro atoms. The molecule has 1 aromatic heterocycles. The van der Waals surface area contributed by atoms with E-state index in [0.29, 0.717) is 22.4 Å². The molecule has 5 nitrogen and oxygen atoms in total. The quantitative estimate of drug-likeness (QED) is 0.292. The third-order valence-corrected chi connectivity index (χ3v) is 7.10. The van der Waals surface area contributed by atoms with Crippen LogP contribution in [0.3, 0.4) is 0 Å². The van der Waals surface area contributed by atoms with E-state index in [-0.39, 0.29) is 16.3 Å². The molecule has 0 unspecified atom stereocenters. The molecule has 184 valence electrons. The summed E-state index contributed by atoms with van der Waals surface area (Å²) >= 11 is 0. The number of hydrogen-bond acceptors (Lipinski definition) is 4. The second-order valence-corrected chi connectivity index (χ2v) is 10.5. The second kappa shape index (κ2) is 9.55. The molecule has 8 heteroatoms. The fourth-order valence-electron chi connectivity index (χ4n) is 4.09. The van der Waals surface area contributed by atoms with Gasteiger partial charge in [0.15, 0.2) is 9.84 Å². The van der Waals surface area contributed by atoms with Crippen LogP contribution in [0.15, 0.2) is 113 Å². The number of nitrogens with zero attached hydrogens (tertiary/aromatic N) is 2. The van der Waals surface area contributed by atoms with Crippen molar-refractivity contribution in [1.82, 2.24) is 9.78 Å². The zero-order valence-corrected chi connectivity index (χ0v) is 20.4. The first-order valence-electron chi connectivity index (χ1n) is 11.3. The lowest BCUT2D eigenvalue weighted by Gasteiger charge is -2.14. The van der Waals surface area contributed by atoms with Gasteiger partial charge >= 0.3 is 0 Å². The fraction of sp³-hybridized carbons (Fsp3) is 0.0345. The molecule has 0 fully saturated rings. The average molecular weight is 515 g/mol. The van der Waals surface area contributed by atoms with E-state index in [9.17, 15) is 22.0 Å². The Balaban J connectivity index is 1.68. The van der Waals surface area contributed by atoms with E-state index in [1.54, 1.807) is 42.5 Å². The molecule has 0 aliphatic heterocycles. The molecule has 0 aliphatic carbocycles. The van der Waals surface area contributed by atoms with Gasteiger partial charge < -0.3 is 0 Å². The highest BCUT2D eigenvalue weighted by Crippen LogP contribution is 2.30. The van der Waals surface area contributed by atoms with Gasteiger partial charge in [0.1, 0.15) is 11.6 Å². The van der Waals surface area contributed by atoms with Crippen molar-refractivity contribution in [3.05, 3.63) is 125 Å². The first-order valence-corrected chi connectivity index (χ1v) is 13.1. The lowest BCUT2D eigenvalue weighted by Crippen LogP contribution is -2.23. The van der Waals surface area contributed by atoms with Crippen molar-refractivity contribution in [3.8, 4) is 39.1 Å². The maximum absolute atomic E-state index is 13.8. The van der Waals surface area contributed by atoms with E-state index in [1.807, 2.05) is 6.07 Å². The van der Waals surface area contributed by atoms with E-state index in [0.717, 1.165) is 17.4 Å². The minimum Gasteiger partial charge on any atom is -0.267 e. The SMILES string of the molecule is CS(=O)(=O)c1ccc(-c2cnn(-c3cccc(-c4ccc(F)cc4)c3)c(=O)c2-c2ccc(F)cc2)cc1. The minimum absolute atomic E-state index is 0.151. The van der Waals surface area contributed by atoms with Crippen LogP contribution in [0.5, 0.6) is 0 Å². The van der Waals surface area contributed by atoms with Crippen LogP contribution >= 0.6 is 0 Å². The summed E-state index contributed by atoms with van der Waals surface area (Å²) in [5.74, 6) is -0.786. The lowest BCUT2D eigenvalue weighted by molar-refractivity contribution is 0.602. The molecule has 0 bridgehead atoms. The Kier molecular flexibility index (Phi) is 6.27. The first-order chi connectivity index (χ1) is 17.7. The molecular formula is C29H20F2N2O3S. The first kappa shape index (κ1) is 24.3. The van der Waals surface area contributed by atoms with Gasteiger partial charge in [0.25, 0.3) is 5.56 Å². The van der Waals surface area contributed by atoms with Crippen molar-refractivity contribution in [2.45, 2.75) is 4.90 Å². The maximum Gasteiger partial charge on any atom is 0.279 e. The van der Waals surface area contributed by atoms with Crippen molar-refractivity contribution >= 4 is 9.84 Å². The Morgan fingerprint density at radius 1 is 0.703 bits per heavy atom. The van der Waals surface area contributed by atoms with Crippen molar-refractivity contribution < 1.29 is 17.2 Å². The van der Waals surface area contributed by atoms with Gasteiger partial charge in [-0.1, -0.05) is 48.5 Å². The van der Waals surface area contributed by atoms with Crippen LogP contribution in [0.4, 0.5) is 8.78 Å². The van der Waals surface area contributed by atoms with Gasteiger partial charge in [0.05, 0.1) is 22.3 Å². The van der Waals surface area contributed by atoms with E-state index < -0.39 is 21.2 Å². The van der Waals surface area contributed by atoms with Crippen molar-refractivity contribution in [1.29, 1.82) is 0 Å². The van der Waals surface area contributed by atoms with Crippen molar-refractivity contribution in [3.63, 3.8) is 0 Å². The van der Waals surface area contributed by atoms with Gasteiger partial charge in [-0.3, -0.25) is 4.79 Å². The van der Waals surface area contributed by atoms with Gasteiger partial charge in [-0.25, -0.2) is 17.2 Å². The summed E-state index contributed by atoms with van der Waals surface area (Å²) in [6, 6.07) is 24.9. The summed E-state index contributed by atoms with van der Waals surface area (Å²) < 4.78 is 52.1. The molecule has 5 aromatic rings. The number of benzene rings is 4. The average Bonchev–Trinajstić information content (AvgIpc) is 2.89. The fourth-order valence-corrected chi connectivity index (χ4v) is 4.72. The van der Waals surface area contributed by atoms with E-state index in [2.05, 4.69) is 5.10 Å². The molecule has 0 amide bonds. The molecule has 0 radical (unpaired) electrons. The molecule has 0 atom stereocenters. The Bertz CT molecular complexity index is 1760. The highest BCUT2D eigenvalue weighted by Gasteiger charge is 2.17. The molecule has 0 N–H and O–H groups in total. The van der Waals surface area contributed by atoms with E-state index in [1.165, 1.54) is 59.4 Å². The number of rotatable bonds is 5. The molecule has 4 aromatic carbocycles. The minimum atomic E-state index is -3.39. The Morgan fingerprint density at radius 2 is 1.27 bits per heavy atom. The maximum atomic E-state index is 13.8. The number of aromatic nitrogens is 2. The number of halogens is 2. The Hall–Kier alpha value is -4.43. The zero-order chi connectivity index (χ0) is 26.2. The summed E-state index contributed by atoms with van der Waals surface area (Å²) in [6.45, 7) is 0. The summed E-state index contributed by atoms with van der Waals surface area (Å²) in [5.41, 5.74) is 3.44. The molecule has 1 heterocycles. The summed E-state index contributed by atoms with van der Waals surface area (Å²) in [5, 5.41) is 4.40. The summed E-state index contributed by atoms with van der Waals surface area (Å²) in [6.07, 6.45) is 2.65. The smallest absolute Gasteiger partial charge is 0.267 e. The summed E-state index contributed by atoms with van der Waals surface area (Å²) in [7, 11) is -3.39. The molecule has 0 saturated carbocycles. The van der Waals surface area contributed by atoms with E-state index in [4.69, 9.17) is 0 Å². The van der Waals surface area contributed by atoms with Gasteiger partial charge in [0, 0.05) is 11.8 Å². The molecule has 37 heavy (non-hydrogen) atoms. The van der Waals surface area contributed by atoms with Crippen molar-refractivity contribution in [2.75, 3.05) is 6.26 Å². The predicted octanol–water partition coefficient (Wildman–Crippen LogP) is 5.92. The summed E-state index contributed by atoms with van der Waals surface area (Å²) in [4.78, 5) is 14.0. The third kappa shape index (κ3) is 4.96. The molecular weight excluding hydrogens is 494 g/mol. The van der Waals surface area contributed by atoms with Gasteiger partial charge in [0.2, 0.25) is 0 Å². The van der Waals surface area contributed by atoms with Crippen LogP contribution < -0.4 is 5.56 Å². The third-order valence-electron chi connectivity index (χ3n) is 5.97. The highest BCUT2D eigenvalue weighted by atomic mass is 32.2. The highest BCUT2D eigenvalue weighted by molar-refractivity contribution is 7.90. The monoisotopic (exact) mass is 514 g/mol. The normalized spacial score (nSPS) is 11.4. The topological polar surface area (TPSA) is 69.0 Å². The molecule has 0 aliphatic rings. The number of hydrogen-bond donors (Lipinski definition) is 0.